The van der Waals surface area contributed by atoms with Crippen molar-refractivity contribution in [2.45, 2.75) is 26.2 Å². The molecule has 0 rings (SSSR count). The lowest BCUT2D eigenvalue weighted by molar-refractivity contribution is -0.179. The lowest BCUT2D eigenvalue weighted by Gasteiger charge is -2.20. The third-order valence-electron chi connectivity index (χ3n) is 1.96. The summed E-state index contributed by atoms with van der Waals surface area (Å²) in [6, 6.07) is 0.149. The summed E-state index contributed by atoms with van der Waals surface area (Å²) in [7, 11) is 1.26. The van der Waals surface area contributed by atoms with Crippen molar-refractivity contribution in [3.8, 4) is 0 Å². The number of carbonyl (C=O) groups excluding carboxylic acids is 2. The summed E-state index contributed by atoms with van der Waals surface area (Å²) >= 11 is 0. The molecule has 0 fully saturated rings. The fourth-order valence-electron chi connectivity index (χ4n) is 0.933. The Hall–Kier alpha value is -1.44. The summed E-state index contributed by atoms with van der Waals surface area (Å²) in [5.74, 6) is -1.29. The zero-order valence-corrected chi connectivity index (χ0v) is 12.6. The third-order valence-corrected chi connectivity index (χ3v) is 3.54. The van der Waals surface area contributed by atoms with Gasteiger partial charge in [0.05, 0.1) is 6.04 Å². The van der Waals surface area contributed by atoms with E-state index in [9.17, 15) is 9.59 Å². The van der Waals surface area contributed by atoms with Gasteiger partial charge in [-0.1, -0.05) is 13.2 Å². The van der Waals surface area contributed by atoms with Crippen LogP contribution in [0.3, 0.4) is 0 Å². The molecule has 0 aromatic heterocycles. The van der Waals surface area contributed by atoms with Crippen molar-refractivity contribution in [3.05, 3.63) is 24.3 Å². The maximum absolute atomic E-state index is 11.5. The van der Waals surface area contributed by atoms with Crippen molar-refractivity contribution in [3.63, 3.8) is 0 Å². The number of hydrogen-bond donors (Lipinski definition) is 0. The van der Waals surface area contributed by atoms with Gasteiger partial charge in [0.1, 0.15) is 0 Å². The summed E-state index contributed by atoms with van der Waals surface area (Å²) in [5, 5.41) is 0. The van der Waals surface area contributed by atoms with Crippen LogP contribution < -0.4 is 0 Å². The van der Waals surface area contributed by atoms with E-state index in [1.54, 1.807) is 0 Å². The van der Waals surface area contributed by atoms with Gasteiger partial charge in [0, 0.05) is 25.4 Å². The molecule has 0 aliphatic heterocycles. The van der Waals surface area contributed by atoms with Crippen LogP contribution in [0.4, 0.5) is 0 Å². The predicted molar refractivity (Wildman–Crippen MR) is 70.2 cm³/mol. The molecule has 6 nitrogen and oxygen atoms in total. The Bertz CT molecular complexity index is 333. The standard InChI is InChI=1S/C12H19O6Si/c1-8(2)11(13)17-10(7-19(15-5)16-6)18-12(14)9(3)4/h10H,1,3,7H2,2,4-6H3. The minimum absolute atomic E-state index is 0.149. The van der Waals surface area contributed by atoms with Crippen LogP contribution in [0.25, 0.3) is 0 Å². The van der Waals surface area contributed by atoms with E-state index in [1.807, 2.05) is 0 Å². The topological polar surface area (TPSA) is 71.1 Å². The zero-order valence-electron chi connectivity index (χ0n) is 11.6. The second-order valence-corrected chi connectivity index (χ2v) is 5.75. The van der Waals surface area contributed by atoms with E-state index in [1.165, 1.54) is 28.1 Å². The second-order valence-electron chi connectivity index (χ2n) is 3.79. The molecular weight excluding hydrogens is 268 g/mol. The molecule has 0 aromatic carbocycles. The molecule has 7 heteroatoms. The first-order valence-corrected chi connectivity index (χ1v) is 7.01. The summed E-state index contributed by atoms with van der Waals surface area (Å²) in [6.07, 6.45) is -1.08. The fraction of sp³-hybridized carbons (Fsp3) is 0.500. The maximum atomic E-state index is 11.5. The van der Waals surface area contributed by atoms with Gasteiger partial charge in [-0.2, -0.15) is 0 Å². The van der Waals surface area contributed by atoms with E-state index in [-0.39, 0.29) is 17.2 Å². The van der Waals surface area contributed by atoms with Crippen LogP contribution in [0.1, 0.15) is 13.8 Å². The van der Waals surface area contributed by atoms with Crippen LogP contribution in [0.15, 0.2) is 24.3 Å². The van der Waals surface area contributed by atoms with Crippen LogP contribution in [0.5, 0.6) is 0 Å². The molecule has 0 aliphatic rings. The van der Waals surface area contributed by atoms with Crippen LogP contribution in [0, 0.1) is 0 Å². The molecule has 0 heterocycles. The second kappa shape index (κ2) is 8.62. The lowest BCUT2D eigenvalue weighted by Crippen LogP contribution is -2.32. The first-order chi connectivity index (χ1) is 8.81. The van der Waals surface area contributed by atoms with Crippen molar-refractivity contribution >= 4 is 21.2 Å². The monoisotopic (exact) mass is 287 g/mol. The van der Waals surface area contributed by atoms with E-state index >= 15 is 0 Å². The van der Waals surface area contributed by atoms with Gasteiger partial charge < -0.3 is 18.3 Å². The van der Waals surface area contributed by atoms with E-state index in [0.717, 1.165) is 0 Å². The highest BCUT2D eigenvalue weighted by Crippen LogP contribution is 2.11. The molecule has 107 valence electrons. The Balaban J connectivity index is 4.72. The predicted octanol–water partition coefficient (Wildman–Crippen LogP) is 1.33. The minimum Gasteiger partial charge on any atom is -0.422 e. The van der Waals surface area contributed by atoms with Crippen LogP contribution in [-0.2, 0) is 27.9 Å². The normalized spacial score (nSPS) is 10.4. The van der Waals surface area contributed by atoms with E-state index in [2.05, 4.69) is 13.2 Å². The van der Waals surface area contributed by atoms with Gasteiger partial charge in [0.25, 0.3) is 0 Å². The lowest BCUT2D eigenvalue weighted by atomic mass is 10.3. The van der Waals surface area contributed by atoms with Crippen molar-refractivity contribution in [1.82, 2.24) is 0 Å². The Morgan fingerprint density at radius 2 is 1.37 bits per heavy atom. The number of carbonyl (C=O) groups is 2. The van der Waals surface area contributed by atoms with Gasteiger partial charge in [-0.15, -0.1) is 0 Å². The van der Waals surface area contributed by atoms with Gasteiger partial charge in [-0.25, -0.2) is 9.59 Å². The molecule has 0 bridgehead atoms. The van der Waals surface area contributed by atoms with E-state index in [0.29, 0.717) is 0 Å². The van der Waals surface area contributed by atoms with Crippen LogP contribution in [0.2, 0.25) is 6.04 Å². The first-order valence-electron chi connectivity index (χ1n) is 5.48. The SMILES string of the molecule is C=C(C)C(=O)OC(C[Si](OC)OC)OC(=O)C(=C)C. The maximum Gasteiger partial charge on any atom is 0.391 e. The fourth-order valence-corrected chi connectivity index (χ4v) is 1.87. The number of esters is 2. The molecule has 0 aromatic rings. The Labute approximate surface area is 114 Å². The van der Waals surface area contributed by atoms with Gasteiger partial charge in [0.15, 0.2) is 0 Å². The quantitative estimate of drug-likeness (QED) is 0.290. The average molecular weight is 287 g/mol. The molecule has 0 unspecified atom stereocenters. The average Bonchev–Trinajstić information content (AvgIpc) is 2.34. The summed E-state index contributed by atoms with van der Waals surface area (Å²) in [4.78, 5) is 22.9. The highest BCUT2D eigenvalue weighted by molar-refractivity contribution is 6.44. The highest BCUT2D eigenvalue weighted by atomic mass is 28.3. The highest BCUT2D eigenvalue weighted by Gasteiger charge is 2.27. The number of rotatable bonds is 8. The molecule has 0 amide bonds. The zero-order chi connectivity index (χ0) is 15.0. The van der Waals surface area contributed by atoms with Crippen molar-refractivity contribution in [2.24, 2.45) is 0 Å². The van der Waals surface area contributed by atoms with Crippen molar-refractivity contribution in [2.75, 3.05) is 14.2 Å². The molecule has 0 N–H and O–H groups in total. The molecule has 0 aliphatic carbocycles. The van der Waals surface area contributed by atoms with Crippen LogP contribution >= 0.6 is 0 Å². The summed E-state index contributed by atoms with van der Waals surface area (Å²) in [5.41, 5.74) is 0.417. The molecule has 19 heavy (non-hydrogen) atoms. The number of ether oxygens (including phenoxy) is 2. The largest absolute Gasteiger partial charge is 0.422 e. The van der Waals surface area contributed by atoms with E-state index in [4.69, 9.17) is 18.3 Å². The molecule has 0 spiro atoms. The molecule has 0 saturated heterocycles. The molecular formula is C12H19O6Si. The smallest absolute Gasteiger partial charge is 0.391 e. The minimum atomic E-state index is -1.68. The molecule has 0 atom stereocenters. The van der Waals surface area contributed by atoms with Gasteiger partial charge in [0.2, 0.25) is 6.29 Å². The van der Waals surface area contributed by atoms with Gasteiger partial charge >= 0.3 is 21.2 Å². The van der Waals surface area contributed by atoms with Gasteiger partial charge in [-0.05, 0) is 13.8 Å². The Kier molecular flexibility index (Phi) is 7.97. The van der Waals surface area contributed by atoms with Crippen molar-refractivity contribution < 1.29 is 27.9 Å². The first kappa shape index (κ1) is 17.6. The number of hydrogen-bond acceptors (Lipinski definition) is 6. The van der Waals surface area contributed by atoms with Crippen molar-refractivity contribution in [1.29, 1.82) is 0 Å². The Morgan fingerprint density at radius 3 is 1.63 bits per heavy atom. The van der Waals surface area contributed by atoms with Gasteiger partial charge in [-0.3, -0.25) is 0 Å². The van der Waals surface area contributed by atoms with E-state index < -0.39 is 27.5 Å². The Morgan fingerprint density at radius 1 is 1.00 bits per heavy atom. The summed E-state index contributed by atoms with van der Waals surface area (Å²) in [6.45, 7) is 9.91. The molecule has 0 saturated carbocycles. The molecule has 1 radical (unpaired) electrons. The third kappa shape index (κ3) is 6.90. The van der Waals surface area contributed by atoms with Crippen LogP contribution in [-0.4, -0.2) is 41.7 Å². The summed E-state index contributed by atoms with van der Waals surface area (Å²) < 4.78 is 20.2.